The molecule has 154 valence electrons. The fraction of sp³-hybridized carbons (Fsp3) is 0.458. The summed E-state index contributed by atoms with van der Waals surface area (Å²) >= 11 is 0. The van der Waals surface area contributed by atoms with Crippen LogP contribution in [0.4, 0.5) is 0 Å². The zero-order valence-electron chi connectivity index (χ0n) is 17.3. The van der Waals surface area contributed by atoms with E-state index in [0.29, 0.717) is 11.7 Å². The van der Waals surface area contributed by atoms with Gasteiger partial charge in [0.25, 0.3) is 0 Å². The lowest BCUT2D eigenvalue weighted by molar-refractivity contribution is 0.166. The number of hydrogen-bond donors (Lipinski definition) is 1. The van der Waals surface area contributed by atoms with E-state index in [4.69, 9.17) is 9.47 Å². The van der Waals surface area contributed by atoms with Crippen molar-refractivity contribution in [2.75, 3.05) is 27.3 Å². The number of oxime groups is 1. The molecule has 29 heavy (non-hydrogen) atoms. The Balaban J connectivity index is 1.38. The molecule has 1 aliphatic carbocycles. The molecular weight excluding hydrogens is 364 g/mol. The van der Waals surface area contributed by atoms with Crippen molar-refractivity contribution in [1.82, 2.24) is 4.90 Å². The van der Waals surface area contributed by atoms with Crippen LogP contribution in [0, 0.1) is 11.8 Å². The molecule has 1 saturated heterocycles. The number of hydrogen-bond acceptors (Lipinski definition) is 5. The predicted octanol–water partition coefficient (Wildman–Crippen LogP) is 4.36. The minimum absolute atomic E-state index is 0.262. The number of nitrogens with zero attached hydrogens (tertiary/aromatic N) is 2. The number of ether oxygens (including phenoxy) is 2. The Bertz CT molecular complexity index is 858. The molecule has 2 aromatic rings. The Hall–Kier alpha value is -2.53. The van der Waals surface area contributed by atoms with Gasteiger partial charge in [0.2, 0.25) is 0 Å². The van der Waals surface area contributed by atoms with Gasteiger partial charge in [-0.2, -0.15) is 0 Å². The van der Waals surface area contributed by atoms with Crippen molar-refractivity contribution >= 4 is 5.71 Å². The maximum atomic E-state index is 9.72. The van der Waals surface area contributed by atoms with E-state index in [-0.39, 0.29) is 5.92 Å². The van der Waals surface area contributed by atoms with Crippen molar-refractivity contribution in [1.29, 1.82) is 0 Å². The van der Waals surface area contributed by atoms with E-state index in [9.17, 15) is 5.21 Å². The summed E-state index contributed by atoms with van der Waals surface area (Å²) in [6.07, 6.45) is 4.37. The molecule has 0 bridgehead atoms. The summed E-state index contributed by atoms with van der Waals surface area (Å²) < 4.78 is 10.9. The van der Waals surface area contributed by atoms with Gasteiger partial charge in [-0.3, -0.25) is 4.90 Å². The molecule has 0 radical (unpaired) electrons. The second-order valence-corrected chi connectivity index (χ2v) is 8.19. The highest BCUT2D eigenvalue weighted by atomic mass is 16.5. The molecule has 1 heterocycles. The van der Waals surface area contributed by atoms with Gasteiger partial charge in [-0.05, 0) is 68.0 Å². The third-order valence-corrected chi connectivity index (χ3v) is 6.42. The van der Waals surface area contributed by atoms with Gasteiger partial charge in [-0.25, -0.2) is 0 Å². The molecular formula is C24H30N2O3. The SMILES string of the molecule is COc1cc2c(cc1OC)C(=NO)C(CC1CCN(Cc3ccccc3)CC1)C2. The van der Waals surface area contributed by atoms with Gasteiger partial charge >= 0.3 is 0 Å². The van der Waals surface area contributed by atoms with E-state index in [0.717, 1.165) is 49.5 Å². The molecule has 1 N–H and O–H groups in total. The fourth-order valence-corrected chi connectivity index (χ4v) is 4.87. The van der Waals surface area contributed by atoms with Crippen molar-refractivity contribution in [3.8, 4) is 11.5 Å². The highest BCUT2D eigenvalue weighted by molar-refractivity contribution is 6.06. The number of benzene rings is 2. The molecule has 0 saturated carbocycles. The van der Waals surface area contributed by atoms with Crippen molar-refractivity contribution in [2.45, 2.75) is 32.2 Å². The highest BCUT2D eigenvalue weighted by Gasteiger charge is 2.33. The topological polar surface area (TPSA) is 54.3 Å². The standard InChI is InChI=1S/C24H30N2O3/c1-28-22-14-19-13-20(24(25-27)21(19)15-23(22)29-2)12-17-8-10-26(11-9-17)16-18-6-4-3-5-7-18/h3-7,14-15,17,20,27H,8-13,16H2,1-2H3. The normalized spacial score (nSPS) is 21.3. The van der Waals surface area contributed by atoms with Crippen LogP contribution in [-0.2, 0) is 13.0 Å². The van der Waals surface area contributed by atoms with E-state index < -0.39 is 0 Å². The second-order valence-electron chi connectivity index (χ2n) is 8.19. The predicted molar refractivity (Wildman–Crippen MR) is 114 cm³/mol. The van der Waals surface area contributed by atoms with Crippen LogP contribution < -0.4 is 9.47 Å². The van der Waals surface area contributed by atoms with E-state index in [1.807, 2.05) is 12.1 Å². The molecule has 0 amide bonds. The largest absolute Gasteiger partial charge is 0.493 e. The number of piperidine rings is 1. The molecule has 0 aromatic heterocycles. The van der Waals surface area contributed by atoms with Crippen molar-refractivity contribution in [3.05, 3.63) is 59.2 Å². The molecule has 2 aliphatic rings. The van der Waals surface area contributed by atoms with E-state index in [1.165, 1.54) is 24.0 Å². The van der Waals surface area contributed by atoms with Gasteiger partial charge in [0.1, 0.15) is 0 Å². The Morgan fingerprint density at radius 3 is 2.38 bits per heavy atom. The van der Waals surface area contributed by atoms with Crippen LogP contribution in [0.25, 0.3) is 0 Å². The van der Waals surface area contributed by atoms with Crippen molar-refractivity contribution < 1.29 is 14.7 Å². The van der Waals surface area contributed by atoms with Crippen LogP contribution in [0.3, 0.4) is 0 Å². The molecule has 2 aromatic carbocycles. The van der Waals surface area contributed by atoms with Gasteiger partial charge in [0.05, 0.1) is 19.9 Å². The van der Waals surface area contributed by atoms with Crippen molar-refractivity contribution in [2.24, 2.45) is 17.0 Å². The van der Waals surface area contributed by atoms with Gasteiger partial charge in [-0.15, -0.1) is 0 Å². The minimum Gasteiger partial charge on any atom is -0.493 e. The molecule has 1 atom stereocenters. The average Bonchev–Trinajstić information content (AvgIpc) is 3.10. The monoisotopic (exact) mass is 394 g/mol. The Morgan fingerprint density at radius 2 is 1.72 bits per heavy atom. The lowest BCUT2D eigenvalue weighted by Crippen LogP contribution is -2.34. The van der Waals surface area contributed by atoms with Crippen molar-refractivity contribution in [3.63, 3.8) is 0 Å². The maximum absolute atomic E-state index is 9.72. The minimum atomic E-state index is 0.262. The molecule has 5 nitrogen and oxygen atoms in total. The lowest BCUT2D eigenvalue weighted by atomic mass is 9.85. The first-order chi connectivity index (χ1) is 14.2. The Morgan fingerprint density at radius 1 is 1.03 bits per heavy atom. The molecule has 4 rings (SSSR count). The Kier molecular flexibility index (Phi) is 6.05. The lowest BCUT2D eigenvalue weighted by Gasteiger charge is -2.33. The summed E-state index contributed by atoms with van der Waals surface area (Å²) in [5, 5.41) is 13.4. The van der Waals surface area contributed by atoms with Gasteiger partial charge in [-0.1, -0.05) is 35.5 Å². The summed E-state index contributed by atoms with van der Waals surface area (Å²) in [5.74, 6) is 2.35. The number of fused-ring (bicyclic) bond motifs is 1. The zero-order chi connectivity index (χ0) is 20.2. The number of methoxy groups -OCH3 is 2. The van der Waals surface area contributed by atoms with E-state index in [1.54, 1.807) is 14.2 Å². The second kappa shape index (κ2) is 8.87. The fourth-order valence-electron chi connectivity index (χ4n) is 4.87. The van der Waals surface area contributed by atoms with E-state index in [2.05, 4.69) is 40.4 Å². The third-order valence-electron chi connectivity index (χ3n) is 6.42. The van der Waals surface area contributed by atoms with Crippen LogP contribution in [0.15, 0.2) is 47.6 Å². The van der Waals surface area contributed by atoms with Crippen LogP contribution >= 0.6 is 0 Å². The van der Waals surface area contributed by atoms with Crippen LogP contribution in [-0.4, -0.2) is 43.1 Å². The summed E-state index contributed by atoms with van der Waals surface area (Å²) in [6, 6.07) is 14.7. The van der Waals surface area contributed by atoms with Crippen LogP contribution in [0.5, 0.6) is 11.5 Å². The Labute approximate surface area is 172 Å². The highest BCUT2D eigenvalue weighted by Crippen LogP contribution is 2.40. The van der Waals surface area contributed by atoms with Gasteiger partial charge < -0.3 is 14.7 Å². The zero-order valence-corrected chi connectivity index (χ0v) is 17.3. The van der Waals surface area contributed by atoms with Crippen LogP contribution in [0.1, 0.15) is 36.0 Å². The summed E-state index contributed by atoms with van der Waals surface area (Å²) in [5.41, 5.74) is 4.36. The molecule has 0 spiro atoms. The summed E-state index contributed by atoms with van der Waals surface area (Å²) in [6.45, 7) is 3.30. The first kappa shape index (κ1) is 19.8. The first-order valence-corrected chi connectivity index (χ1v) is 10.4. The molecule has 1 unspecified atom stereocenters. The van der Waals surface area contributed by atoms with Crippen LogP contribution in [0.2, 0.25) is 0 Å². The molecule has 1 fully saturated rings. The molecule has 1 aliphatic heterocycles. The third kappa shape index (κ3) is 4.25. The first-order valence-electron chi connectivity index (χ1n) is 10.4. The average molecular weight is 395 g/mol. The van der Waals surface area contributed by atoms with Gasteiger partial charge in [0.15, 0.2) is 11.5 Å². The summed E-state index contributed by atoms with van der Waals surface area (Å²) in [7, 11) is 3.29. The summed E-state index contributed by atoms with van der Waals surface area (Å²) in [4.78, 5) is 2.55. The number of likely N-dealkylation sites (tertiary alicyclic amines) is 1. The molecule has 5 heteroatoms. The smallest absolute Gasteiger partial charge is 0.161 e. The van der Waals surface area contributed by atoms with E-state index >= 15 is 0 Å². The maximum Gasteiger partial charge on any atom is 0.161 e. The number of rotatable bonds is 6. The quantitative estimate of drug-likeness (QED) is 0.584. The van der Waals surface area contributed by atoms with Gasteiger partial charge in [0, 0.05) is 18.0 Å².